The molecule has 2 aliphatic carbocycles. The van der Waals surface area contributed by atoms with Gasteiger partial charge in [0.2, 0.25) is 12.4 Å². The third kappa shape index (κ3) is 4.84. The lowest BCUT2D eigenvalue weighted by atomic mass is 9.89. The minimum Gasteiger partial charge on any atom is -0.481 e. The number of pyridine rings is 1. The minimum atomic E-state index is -0.939. The molecule has 2 aromatic heterocycles. The van der Waals surface area contributed by atoms with Crippen LogP contribution in [0.15, 0.2) is 60.1 Å². The van der Waals surface area contributed by atoms with E-state index in [1.807, 2.05) is 18.2 Å². The van der Waals surface area contributed by atoms with Crippen molar-refractivity contribution in [1.82, 2.24) is 9.97 Å². The summed E-state index contributed by atoms with van der Waals surface area (Å²) in [7, 11) is 1.64. The molecule has 10 nitrogen and oxygen atoms in total. The Bertz CT molecular complexity index is 1450. The van der Waals surface area contributed by atoms with E-state index in [9.17, 15) is 15.2 Å². The van der Waals surface area contributed by atoms with Crippen LogP contribution in [-0.4, -0.2) is 40.0 Å². The van der Waals surface area contributed by atoms with Crippen molar-refractivity contribution in [2.75, 3.05) is 12.4 Å². The summed E-state index contributed by atoms with van der Waals surface area (Å²) in [5.41, 5.74) is 8.67. The van der Waals surface area contributed by atoms with Crippen molar-refractivity contribution in [3.8, 4) is 23.1 Å². The van der Waals surface area contributed by atoms with E-state index in [1.165, 1.54) is 6.20 Å². The number of H-pyrrole nitrogens is 1. The molecule has 0 atom stereocenters. The molecule has 2 fully saturated rings. The normalized spacial score (nSPS) is 16.5. The third-order valence-corrected chi connectivity index (χ3v) is 6.55. The van der Waals surface area contributed by atoms with Crippen molar-refractivity contribution in [3.63, 3.8) is 0 Å². The number of carboxylic acid groups (broad SMARTS) is 1. The smallest absolute Gasteiger partial charge is 0.314 e. The quantitative estimate of drug-likeness (QED) is 0.317. The second kappa shape index (κ2) is 9.70. The van der Waals surface area contributed by atoms with Crippen LogP contribution in [-0.2, 0) is 10.2 Å². The molecule has 3 aromatic rings. The van der Waals surface area contributed by atoms with Crippen LogP contribution in [0.2, 0.25) is 0 Å². The van der Waals surface area contributed by atoms with E-state index in [-0.39, 0.29) is 6.10 Å². The van der Waals surface area contributed by atoms with Gasteiger partial charge in [-0.05, 0) is 48.9 Å². The lowest BCUT2D eigenvalue weighted by Crippen LogP contribution is -2.20. The maximum Gasteiger partial charge on any atom is 0.314 e. The number of aliphatic carboxylic acids is 1. The largest absolute Gasteiger partial charge is 0.481 e. The van der Waals surface area contributed by atoms with Gasteiger partial charge in [-0.25, -0.2) is 4.98 Å². The van der Waals surface area contributed by atoms with Gasteiger partial charge in [-0.3, -0.25) is 14.8 Å². The summed E-state index contributed by atoms with van der Waals surface area (Å²) in [6.07, 6.45) is 9.89. The lowest BCUT2D eigenvalue weighted by molar-refractivity contribution is -0.379. The molecule has 0 unspecified atom stereocenters. The Hall–Kier alpha value is -4.78. The van der Waals surface area contributed by atoms with Gasteiger partial charge in [0.15, 0.2) is 5.82 Å². The van der Waals surface area contributed by atoms with Crippen molar-refractivity contribution in [3.05, 3.63) is 71.9 Å². The zero-order valence-electron chi connectivity index (χ0n) is 20.2. The number of aliphatic imine (C=N–C) groups is 1. The zero-order valence-corrected chi connectivity index (χ0v) is 20.2. The summed E-state index contributed by atoms with van der Waals surface area (Å²) in [5, 5.41) is 22.4. The average Bonchev–Trinajstić information content (AvgIpc) is 3.85. The van der Waals surface area contributed by atoms with E-state index in [0.717, 1.165) is 24.0 Å². The van der Waals surface area contributed by atoms with E-state index in [2.05, 4.69) is 31.3 Å². The maximum atomic E-state index is 11.7. The topological polar surface area (TPSA) is 161 Å². The third-order valence-electron chi connectivity index (χ3n) is 6.55. The Morgan fingerprint density at radius 1 is 1.30 bits per heavy atom. The molecule has 10 heteroatoms. The van der Waals surface area contributed by atoms with Crippen molar-refractivity contribution in [2.45, 2.75) is 37.2 Å². The molecule has 0 amide bonds. The number of benzene rings is 1. The fourth-order valence-electron chi connectivity index (χ4n) is 4.19. The van der Waals surface area contributed by atoms with Gasteiger partial charge < -0.3 is 20.9 Å². The zero-order chi connectivity index (χ0) is 26.0. The first kappa shape index (κ1) is 23.9. The van der Waals surface area contributed by atoms with E-state index in [4.69, 9.17) is 10.5 Å². The van der Waals surface area contributed by atoms with Crippen LogP contribution < -0.4 is 20.8 Å². The van der Waals surface area contributed by atoms with Gasteiger partial charge >= 0.3 is 5.97 Å². The van der Waals surface area contributed by atoms with Crippen LogP contribution in [0.25, 0.3) is 16.7 Å². The number of nitrogens with zero attached hydrogens (tertiary/aromatic N) is 4. The van der Waals surface area contributed by atoms with Gasteiger partial charge in [-0.1, -0.05) is 18.2 Å². The summed E-state index contributed by atoms with van der Waals surface area (Å²) in [4.78, 5) is 28.1. The molecular formula is C27H26N7O3+. The van der Waals surface area contributed by atoms with Crippen molar-refractivity contribution in [2.24, 2.45) is 10.7 Å². The van der Waals surface area contributed by atoms with Crippen molar-refractivity contribution < 1.29 is 19.6 Å². The fraction of sp³-hybridized carbons (Fsp3) is 0.259. The van der Waals surface area contributed by atoms with E-state index >= 15 is 0 Å². The number of carboxylic acids is 1. The van der Waals surface area contributed by atoms with Crippen LogP contribution in [0.1, 0.15) is 42.5 Å². The number of hydrogen-bond donors (Lipinski definition) is 3. The Balaban J connectivity index is 1.36. The molecule has 186 valence electrons. The monoisotopic (exact) mass is 496 g/mol. The molecular weight excluding hydrogens is 470 g/mol. The molecule has 5 rings (SSSR count). The van der Waals surface area contributed by atoms with E-state index in [1.54, 1.807) is 37.8 Å². The number of anilines is 1. The Labute approximate surface area is 213 Å². The number of hydrogen-bond acceptors (Lipinski definition) is 7. The Morgan fingerprint density at radius 2 is 2.08 bits per heavy atom. The number of amidine groups is 1. The van der Waals surface area contributed by atoms with Gasteiger partial charge in [-0.15, -0.1) is 0 Å². The molecule has 0 spiro atoms. The predicted molar refractivity (Wildman–Crippen MR) is 137 cm³/mol. The number of nitriles is 1. The van der Waals surface area contributed by atoms with Gasteiger partial charge in [0.1, 0.15) is 11.9 Å². The lowest BCUT2D eigenvalue weighted by Gasteiger charge is -2.14. The minimum absolute atomic E-state index is 0.227. The van der Waals surface area contributed by atoms with Crippen LogP contribution in [0.3, 0.4) is 0 Å². The highest BCUT2D eigenvalue weighted by molar-refractivity contribution is 6.27. The van der Waals surface area contributed by atoms with Gasteiger partial charge in [-0.2, -0.15) is 10.2 Å². The highest BCUT2D eigenvalue weighted by Crippen LogP contribution is 2.50. The average molecular weight is 497 g/mol. The van der Waals surface area contributed by atoms with Gasteiger partial charge in [0.25, 0.3) is 5.88 Å². The first-order chi connectivity index (χ1) is 18.0. The first-order valence-electron chi connectivity index (χ1n) is 11.9. The van der Waals surface area contributed by atoms with Crippen LogP contribution in [0, 0.1) is 11.3 Å². The molecule has 2 aliphatic rings. The predicted octanol–water partition coefficient (Wildman–Crippen LogP) is 2.93. The molecule has 0 aliphatic heterocycles. The number of carbonyl (C=O) groups is 1. The summed E-state index contributed by atoms with van der Waals surface area (Å²) in [6, 6.07) is 11.1. The van der Waals surface area contributed by atoms with Crippen molar-refractivity contribution in [1.29, 1.82) is 5.26 Å². The standard InChI is InChI=1S/C27H25N7O3/c1-30-25(34-23-14-31-15-24(33-23)37-19-4-5-19)20(12-29)22-7-3-17(13-32-22)16-2-6-21(18(10-16)11-28)27(8-9-27)26(35)36/h2-3,6-7,10,12-15,19H,4-5,8-9,29H2,1H3,(H,35,36)(H,30,33,34)/p+1. The first-order valence-corrected chi connectivity index (χ1v) is 11.9. The van der Waals surface area contributed by atoms with Crippen molar-refractivity contribution >= 4 is 23.2 Å². The van der Waals surface area contributed by atoms with E-state index in [0.29, 0.717) is 52.8 Å². The Kier molecular flexibility index (Phi) is 6.27. The summed E-state index contributed by atoms with van der Waals surface area (Å²) < 4.78 is 5.74. The summed E-state index contributed by atoms with van der Waals surface area (Å²) >= 11 is 0. The molecule has 37 heavy (non-hydrogen) atoms. The fourth-order valence-corrected chi connectivity index (χ4v) is 4.19. The molecule has 0 bridgehead atoms. The highest BCUT2D eigenvalue weighted by atomic mass is 16.5. The van der Waals surface area contributed by atoms with E-state index < -0.39 is 11.4 Å². The number of ether oxygens (including phenoxy) is 1. The molecule has 5 N–H and O–H groups in total. The molecule has 2 saturated carbocycles. The second-order valence-electron chi connectivity index (χ2n) is 9.08. The van der Waals surface area contributed by atoms with Crippen LogP contribution in [0.5, 0.6) is 5.88 Å². The number of rotatable bonds is 8. The summed E-state index contributed by atoms with van der Waals surface area (Å²) in [6.45, 7) is 0. The molecule has 0 radical (unpaired) electrons. The SMILES string of the molecule is CN=C(Nc1c[nH+]cc(OC2CC2)n1)C(=CN)c1ccc(-c2ccc(C3(C(=O)O)CC3)c(C#N)c2)cn1. The highest BCUT2D eigenvalue weighted by Gasteiger charge is 2.52. The van der Waals surface area contributed by atoms with Crippen LogP contribution in [0.4, 0.5) is 5.82 Å². The number of nitrogens with one attached hydrogen (secondary N) is 2. The number of aromatic nitrogens is 3. The van der Waals surface area contributed by atoms with Gasteiger partial charge in [0.05, 0.1) is 28.3 Å². The van der Waals surface area contributed by atoms with Crippen LogP contribution >= 0.6 is 0 Å². The number of nitrogens with two attached hydrogens (primary N) is 1. The molecule has 0 saturated heterocycles. The molecule has 2 heterocycles. The summed E-state index contributed by atoms with van der Waals surface area (Å²) in [5.74, 6) is 0.615. The molecule has 1 aromatic carbocycles. The van der Waals surface area contributed by atoms with Gasteiger partial charge in [0, 0.05) is 25.0 Å². The maximum absolute atomic E-state index is 11.7. The second-order valence-corrected chi connectivity index (χ2v) is 9.08. The Morgan fingerprint density at radius 3 is 2.68 bits per heavy atom. The number of aromatic amines is 1.